The number of halogens is 3. The fourth-order valence-corrected chi connectivity index (χ4v) is 10.5. The lowest BCUT2D eigenvalue weighted by atomic mass is 10.1. The van der Waals surface area contributed by atoms with Crippen molar-refractivity contribution in [2.24, 2.45) is 4.99 Å². The van der Waals surface area contributed by atoms with Gasteiger partial charge in [-0.1, -0.05) is 18.2 Å². The van der Waals surface area contributed by atoms with Crippen molar-refractivity contribution in [2.45, 2.75) is 111 Å². The van der Waals surface area contributed by atoms with Crippen LogP contribution in [0.4, 0.5) is 13.2 Å². The molecule has 1 aromatic carbocycles. The topological polar surface area (TPSA) is 214 Å². The third kappa shape index (κ3) is 6.37. The molecule has 52 heavy (non-hydrogen) atoms. The Morgan fingerprint density at radius 1 is 1.08 bits per heavy atom. The lowest BCUT2D eigenvalue weighted by Gasteiger charge is -2.37. The molecule has 3 fully saturated rings. The number of sulfone groups is 1. The fraction of sp³-hybridized carbons (Fsp3) is 0.645. The normalized spacial score (nSPS) is 34.1. The van der Waals surface area contributed by atoms with Crippen molar-refractivity contribution in [1.82, 2.24) is 19.8 Å². The first-order chi connectivity index (χ1) is 24.0. The zero-order valence-electron chi connectivity index (χ0n) is 29.1. The summed E-state index contributed by atoms with van der Waals surface area (Å²) in [5, 5.41) is 44.0. The quantitative estimate of drug-likeness (QED) is 0.185. The number of nitrogens with one attached hydrogen (secondary N) is 1. The van der Waals surface area contributed by atoms with E-state index >= 15 is 0 Å². The number of rotatable bonds is 8. The van der Waals surface area contributed by atoms with E-state index < -0.39 is 108 Å². The molecular formula is C31H42F3N5O11SSi. The third-order valence-corrected chi connectivity index (χ3v) is 13.2. The van der Waals surface area contributed by atoms with Gasteiger partial charge in [-0.05, 0) is 53.7 Å². The summed E-state index contributed by atoms with van der Waals surface area (Å²) in [4.78, 5) is 19.6. The molecule has 0 saturated carbocycles. The summed E-state index contributed by atoms with van der Waals surface area (Å²) in [5.41, 5.74) is -9.04. The lowest BCUT2D eigenvalue weighted by Crippen LogP contribution is -2.61. The molecule has 21 heteroatoms. The Morgan fingerprint density at radius 3 is 2.27 bits per heavy atom. The van der Waals surface area contributed by atoms with Gasteiger partial charge in [0, 0.05) is 5.56 Å². The van der Waals surface area contributed by atoms with Gasteiger partial charge in [-0.3, -0.25) is 9.36 Å². The minimum absolute atomic E-state index is 0.178. The summed E-state index contributed by atoms with van der Waals surface area (Å²) < 4.78 is 95.9. The van der Waals surface area contributed by atoms with Gasteiger partial charge in [-0.2, -0.15) is 13.2 Å². The first-order valence-corrected chi connectivity index (χ1v) is 19.4. The summed E-state index contributed by atoms with van der Waals surface area (Å²) in [6.07, 6.45) is -9.30. The molecule has 1 amide bonds. The molecule has 4 aliphatic rings. The van der Waals surface area contributed by atoms with E-state index in [4.69, 9.17) is 18.9 Å². The van der Waals surface area contributed by atoms with Crippen molar-refractivity contribution < 1.29 is 65.8 Å². The number of fused-ring (bicyclic) bond motifs is 1. The summed E-state index contributed by atoms with van der Waals surface area (Å²) in [6, 6.07) is 7.87. The van der Waals surface area contributed by atoms with E-state index in [1.54, 1.807) is 39.0 Å². The molecule has 1 aromatic heterocycles. The number of ether oxygens (including phenoxy) is 4. The molecule has 4 aliphatic heterocycles. The SMILES string of the molecule is CC(C)(C)OC1[SiH2][C@@]12O[C@@H](n1cnc3c1=NCN([C@@H]1O[C@H](CO)[C@@H](O)[C@@H]1O)C=3NC(=O)c1ccccc1)[C@@](O)(S(=O)(=O)C(F)(F)F)[C@@H]2OC(C)(C)C. The molecule has 0 bridgehead atoms. The predicted octanol–water partition coefficient (Wildman–Crippen LogP) is -1.93. The Balaban J connectivity index is 1.54. The molecule has 6 rings (SSSR count). The summed E-state index contributed by atoms with van der Waals surface area (Å²) in [7, 11) is -8.25. The first kappa shape index (κ1) is 38.7. The van der Waals surface area contributed by atoms with Crippen molar-refractivity contribution in [1.29, 1.82) is 0 Å². The van der Waals surface area contributed by atoms with E-state index in [0.29, 0.717) is 0 Å². The van der Waals surface area contributed by atoms with Gasteiger partial charge in [0.15, 0.2) is 17.9 Å². The van der Waals surface area contributed by atoms with Gasteiger partial charge >= 0.3 is 5.51 Å². The maximum Gasteiger partial charge on any atom is 0.500 e. The Kier molecular flexibility index (Phi) is 9.54. The van der Waals surface area contributed by atoms with Crippen LogP contribution < -0.4 is 16.2 Å². The number of hydrogen-bond donors (Lipinski definition) is 5. The van der Waals surface area contributed by atoms with Crippen LogP contribution in [0.2, 0.25) is 0 Å². The second-order valence-corrected chi connectivity index (χ2v) is 19.5. The van der Waals surface area contributed by atoms with Crippen LogP contribution in [0.1, 0.15) is 58.1 Å². The van der Waals surface area contributed by atoms with Crippen LogP contribution in [0, 0.1) is 0 Å². The van der Waals surface area contributed by atoms with E-state index in [2.05, 4.69) is 15.3 Å². The molecule has 0 radical (unpaired) electrons. The van der Waals surface area contributed by atoms with Crippen molar-refractivity contribution in [3.8, 4) is 0 Å². The zero-order chi connectivity index (χ0) is 38.4. The summed E-state index contributed by atoms with van der Waals surface area (Å²) in [5.74, 6) is -0.883. The third-order valence-electron chi connectivity index (χ3n) is 9.09. The molecular weight excluding hydrogens is 736 g/mol. The highest BCUT2D eigenvalue weighted by molar-refractivity contribution is 7.93. The minimum atomic E-state index is -6.52. The van der Waals surface area contributed by atoms with Gasteiger partial charge in [0.2, 0.25) is 4.93 Å². The highest BCUT2D eigenvalue weighted by Crippen LogP contribution is 2.59. The maximum absolute atomic E-state index is 14.6. The fourth-order valence-electron chi connectivity index (χ4n) is 6.73. The number of hydrogen-bond acceptors (Lipinski definition) is 14. The first-order valence-electron chi connectivity index (χ1n) is 16.4. The highest BCUT2D eigenvalue weighted by Gasteiger charge is 2.83. The number of aromatic nitrogens is 2. The van der Waals surface area contributed by atoms with Crippen LogP contribution in [0.3, 0.4) is 0 Å². The largest absolute Gasteiger partial charge is 0.500 e. The van der Waals surface area contributed by atoms with Gasteiger partial charge in [0.1, 0.15) is 57.0 Å². The molecule has 5 heterocycles. The van der Waals surface area contributed by atoms with Gasteiger partial charge in [-0.25, -0.2) is 18.4 Å². The summed E-state index contributed by atoms with van der Waals surface area (Å²) >= 11 is 0. The van der Waals surface area contributed by atoms with E-state index in [1.165, 1.54) is 37.8 Å². The Labute approximate surface area is 298 Å². The van der Waals surface area contributed by atoms with Crippen LogP contribution in [-0.2, 0) is 28.8 Å². The van der Waals surface area contributed by atoms with Crippen molar-refractivity contribution in [3.63, 3.8) is 0 Å². The van der Waals surface area contributed by atoms with Crippen molar-refractivity contribution in [3.05, 3.63) is 53.1 Å². The second kappa shape index (κ2) is 12.8. The maximum atomic E-state index is 14.6. The number of aliphatic hydroxyl groups excluding tert-OH is 3. The molecule has 1 spiro atoms. The average molecular weight is 778 g/mol. The monoisotopic (exact) mass is 777 g/mol. The smallest absolute Gasteiger partial charge is 0.394 e. The molecule has 2 aromatic rings. The molecule has 16 nitrogen and oxygen atoms in total. The zero-order valence-corrected chi connectivity index (χ0v) is 31.3. The number of aliphatic hydroxyl groups is 4. The Morgan fingerprint density at radius 2 is 1.71 bits per heavy atom. The molecule has 5 N–H and O–H groups in total. The Hall–Kier alpha value is -2.99. The second-order valence-electron chi connectivity index (χ2n) is 15.2. The molecule has 3 saturated heterocycles. The molecule has 288 valence electrons. The number of amides is 1. The van der Waals surface area contributed by atoms with E-state index in [9.17, 15) is 46.8 Å². The Bertz CT molecular complexity index is 1940. The van der Waals surface area contributed by atoms with Crippen molar-refractivity contribution in [2.75, 3.05) is 13.3 Å². The number of benzene rings is 1. The van der Waals surface area contributed by atoms with Crippen LogP contribution in [0.5, 0.6) is 0 Å². The van der Waals surface area contributed by atoms with Crippen molar-refractivity contribution >= 4 is 31.1 Å². The van der Waals surface area contributed by atoms with E-state index in [0.717, 1.165) is 10.9 Å². The van der Waals surface area contributed by atoms with Gasteiger partial charge in [0.05, 0.1) is 29.9 Å². The number of alkyl halides is 3. The molecule has 1 unspecified atom stereocenters. The average Bonchev–Trinajstić information content (AvgIpc) is 3.27. The van der Waals surface area contributed by atoms with Crippen LogP contribution in [0.15, 0.2) is 41.7 Å². The number of carbonyl (C=O) groups excluding carboxylic acids is 1. The summed E-state index contributed by atoms with van der Waals surface area (Å²) in [6.45, 7) is 8.46. The van der Waals surface area contributed by atoms with Crippen LogP contribution in [-0.4, -0.2) is 135 Å². The van der Waals surface area contributed by atoms with E-state index in [-0.39, 0.29) is 22.2 Å². The molecule has 0 aliphatic carbocycles. The van der Waals surface area contributed by atoms with Gasteiger partial charge in [0.25, 0.3) is 15.7 Å². The lowest BCUT2D eigenvalue weighted by molar-refractivity contribution is -0.148. The predicted molar refractivity (Wildman–Crippen MR) is 175 cm³/mol. The van der Waals surface area contributed by atoms with Crippen LogP contribution >= 0.6 is 0 Å². The molecule has 9 atom stereocenters. The number of carbonyl (C=O) groups is 1. The minimum Gasteiger partial charge on any atom is -0.394 e. The van der Waals surface area contributed by atoms with Gasteiger partial charge in [-0.15, -0.1) is 0 Å². The standard InChI is InChI=1S/C31H42F3N5O11SSi/c1-27(2,3)48-24-29(44,51(45,46)31(32,33)34)25(49-30(24)26(52-30)50-28(4,5)6)39-13-35-17-20(39)36-14-38(23-19(42)18(41)16(12-40)47-23)21(17)37-22(43)15-10-8-7-9-11-15/h7-11,13,16,18-19,23-26,40-42,44H,12,14,52H2,1-6H3,(H,37,43)/t16-,18-,19+,23-,24+,25-,26?,29+,30-/m1/s1. The van der Waals surface area contributed by atoms with Gasteiger partial charge < -0.3 is 49.6 Å². The number of imidazole rings is 1. The number of nitrogens with zero attached hydrogens (tertiary/aromatic N) is 4. The highest BCUT2D eigenvalue weighted by atomic mass is 32.2. The van der Waals surface area contributed by atoms with Crippen LogP contribution in [0.25, 0.3) is 5.82 Å². The van der Waals surface area contributed by atoms with E-state index in [1.807, 2.05) is 0 Å².